The van der Waals surface area contributed by atoms with Crippen LogP contribution in [0.3, 0.4) is 0 Å². The molecule has 2 rings (SSSR count). The Bertz CT molecular complexity index is 388. The predicted molar refractivity (Wildman–Crippen MR) is 84.2 cm³/mol. The Hall–Kier alpha value is -0.490. The summed E-state index contributed by atoms with van der Waals surface area (Å²) in [6, 6.07) is 0.610. The van der Waals surface area contributed by atoms with Gasteiger partial charge in [0.2, 0.25) is 0 Å². The topological polar surface area (TPSA) is 37.4 Å². The average molecular weight is 297 g/mol. The molecule has 1 unspecified atom stereocenters. The van der Waals surface area contributed by atoms with E-state index in [2.05, 4.69) is 41.4 Å². The summed E-state index contributed by atoms with van der Waals surface area (Å²) < 4.78 is 5.46. The van der Waals surface area contributed by atoms with Crippen LogP contribution >= 0.6 is 11.3 Å². The number of rotatable bonds is 7. The van der Waals surface area contributed by atoms with Gasteiger partial charge < -0.3 is 10.1 Å². The first-order chi connectivity index (χ1) is 9.65. The van der Waals surface area contributed by atoms with Crippen molar-refractivity contribution in [3.05, 3.63) is 16.1 Å². The molecule has 0 aromatic carbocycles. The van der Waals surface area contributed by atoms with Crippen LogP contribution in [0.1, 0.15) is 31.0 Å². The van der Waals surface area contributed by atoms with Gasteiger partial charge in [-0.05, 0) is 19.3 Å². The summed E-state index contributed by atoms with van der Waals surface area (Å²) in [7, 11) is 0. The van der Waals surface area contributed by atoms with Gasteiger partial charge >= 0.3 is 0 Å². The summed E-state index contributed by atoms with van der Waals surface area (Å²) in [5.74, 6) is 0.728. The fraction of sp³-hybridized carbons (Fsp3) is 0.800. The molecule has 1 aliphatic heterocycles. The van der Waals surface area contributed by atoms with Crippen LogP contribution in [-0.4, -0.2) is 48.8 Å². The Morgan fingerprint density at radius 1 is 1.40 bits per heavy atom. The Labute approximate surface area is 126 Å². The standard InChI is InChI=1S/C15H27N3OS/c1-12(2)8-15(18-4-6-19-7-5-18)10-16-9-14-11-20-13(3)17-14/h11-12,15-16H,4-10H2,1-3H3. The van der Waals surface area contributed by atoms with Gasteiger partial charge in [-0.1, -0.05) is 13.8 Å². The lowest BCUT2D eigenvalue weighted by atomic mass is 10.0. The number of aryl methyl sites for hydroxylation is 1. The summed E-state index contributed by atoms with van der Waals surface area (Å²) in [5.41, 5.74) is 1.16. The van der Waals surface area contributed by atoms with Gasteiger partial charge in [-0.15, -0.1) is 11.3 Å². The maximum absolute atomic E-state index is 5.46. The molecule has 4 nitrogen and oxygen atoms in total. The Morgan fingerprint density at radius 3 is 2.75 bits per heavy atom. The fourth-order valence-corrected chi connectivity index (χ4v) is 3.32. The quantitative estimate of drug-likeness (QED) is 0.838. The number of nitrogens with one attached hydrogen (secondary N) is 1. The number of nitrogens with zero attached hydrogens (tertiary/aromatic N) is 2. The highest BCUT2D eigenvalue weighted by atomic mass is 32.1. The molecule has 1 aromatic rings. The maximum Gasteiger partial charge on any atom is 0.0897 e. The Kier molecular flexibility index (Phi) is 6.42. The highest BCUT2D eigenvalue weighted by Crippen LogP contribution is 2.13. The Morgan fingerprint density at radius 2 is 2.15 bits per heavy atom. The van der Waals surface area contributed by atoms with Gasteiger partial charge in [-0.2, -0.15) is 0 Å². The van der Waals surface area contributed by atoms with E-state index in [1.807, 2.05) is 0 Å². The summed E-state index contributed by atoms with van der Waals surface area (Å²) in [5, 5.41) is 6.87. The van der Waals surface area contributed by atoms with Crippen LogP contribution in [0.15, 0.2) is 5.38 Å². The van der Waals surface area contributed by atoms with Gasteiger partial charge in [-0.25, -0.2) is 4.98 Å². The SMILES string of the molecule is Cc1nc(CNCC(CC(C)C)N2CCOCC2)cs1. The van der Waals surface area contributed by atoms with E-state index in [4.69, 9.17) is 4.74 Å². The molecule has 0 radical (unpaired) electrons. The summed E-state index contributed by atoms with van der Waals surface area (Å²) in [6.07, 6.45) is 1.24. The van der Waals surface area contributed by atoms with Crippen molar-refractivity contribution in [2.45, 2.75) is 39.8 Å². The number of thiazole rings is 1. The molecule has 0 spiro atoms. The molecular weight excluding hydrogens is 270 g/mol. The summed E-state index contributed by atoms with van der Waals surface area (Å²) in [4.78, 5) is 7.08. The van der Waals surface area contributed by atoms with Gasteiger partial charge in [0.05, 0.1) is 23.9 Å². The highest BCUT2D eigenvalue weighted by Gasteiger charge is 2.21. The van der Waals surface area contributed by atoms with Crippen LogP contribution in [0, 0.1) is 12.8 Å². The van der Waals surface area contributed by atoms with Crippen LogP contribution in [0.25, 0.3) is 0 Å². The molecule has 0 bridgehead atoms. The molecule has 1 fully saturated rings. The van der Waals surface area contributed by atoms with E-state index in [0.29, 0.717) is 6.04 Å². The van der Waals surface area contributed by atoms with Gasteiger partial charge in [0.1, 0.15) is 0 Å². The second-order valence-electron chi connectivity index (χ2n) is 5.92. The van der Waals surface area contributed by atoms with Gasteiger partial charge in [0, 0.05) is 37.6 Å². The van der Waals surface area contributed by atoms with Gasteiger partial charge in [-0.3, -0.25) is 4.90 Å². The minimum absolute atomic E-state index is 0.610. The van der Waals surface area contributed by atoms with Crippen molar-refractivity contribution in [3.63, 3.8) is 0 Å². The van der Waals surface area contributed by atoms with Crippen LogP contribution in [0.5, 0.6) is 0 Å². The molecule has 0 saturated carbocycles. The van der Waals surface area contributed by atoms with Crippen LogP contribution < -0.4 is 5.32 Å². The molecule has 114 valence electrons. The first-order valence-corrected chi connectivity index (χ1v) is 8.46. The van der Waals surface area contributed by atoms with Crippen molar-refractivity contribution in [1.29, 1.82) is 0 Å². The van der Waals surface area contributed by atoms with Crippen molar-refractivity contribution in [1.82, 2.24) is 15.2 Å². The van der Waals surface area contributed by atoms with Crippen LogP contribution in [0.2, 0.25) is 0 Å². The molecule has 1 aromatic heterocycles. The molecule has 0 amide bonds. The molecule has 2 heterocycles. The summed E-state index contributed by atoms with van der Waals surface area (Å²) in [6.45, 7) is 12.5. The second-order valence-corrected chi connectivity index (χ2v) is 6.98. The second kappa shape index (κ2) is 8.08. The highest BCUT2D eigenvalue weighted by molar-refractivity contribution is 7.09. The number of aromatic nitrogens is 1. The smallest absolute Gasteiger partial charge is 0.0897 e. The number of hydrogen-bond acceptors (Lipinski definition) is 5. The van der Waals surface area contributed by atoms with E-state index in [0.717, 1.165) is 56.0 Å². The molecule has 0 aliphatic carbocycles. The molecule has 1 saturated heterocycles. The number of ether oxygens (including phenoxy) is 1. The van der Waals surface area contributed by atoms with E-state index in [1.165, 1.54) is 6.42 Å². The third-order valence-corrected chi connectivity index (χ3v) is 4.48. The molecule has 5 heteroatoms. The number of morpholine rings is 1. The van der Waals surface area contributed by atoms with E-state index < -0.39 is 0 Å². The lowest BCUT2D eigenvalue weighted by molar-refractivity contribution is 0.0123. The molecule has 1 aliphatic rings. The van der Waals surface area contributed by atoms with Crippen molar-refractivity contribution in [2.75, 3.05) is 32.8 Å². The largest absolute Gasteiger partial charge is 0.379 e. The molecule has 1 atom stereocenters. The Balaban J connectivity index is 1.80. The third kappa shape index (κ3) is 5.13. The maximum atomic E-state index is 5.46. The van der Waals surface area contributed by atoms with E-state index in [1.54, 1.807) is 11.3 Å². The fourth-order valence-electron chi connectivity index (χ4n) is 2.70. The zero-order valence-electron chi connectivity index (χ0n) is 12.9. The first-order valence-electron chi connectivity index (χ1n) is 7.58. The number of hydrogen-bond donors (Lipinski definition) is 1. The van der Waals surface area contributed by atoms with Crippen LogP contribution in [0.4, 0.5) is 0 Å². The van der Waals surface area contributed by atoms with Crippen LogP contribution in [-0.2, 0) is 11.3 Å². The van der Waals surface area contributed by atoms with Crippen molar-refractivity contribution in [3.8, 4) is 0 Å². The predicted octanol–water partition coefficient (Wildman–Crippen LogP) is 2.29. The molecular formula is C15H27N3OS. The third-order valence-electron chi connectivity index (χ3n) is 3.66. The zero-order valence-corrected chi connectivity index (χ0v) is 13.7. The van der Waals surface area contributed by atoms with Crippen molar-refractivity contribution in [2.24, 2.45) is 5.92 Å². The van der Waals surface area contributed by atoms with E-state index >= 15 is 0 Å². The lowest BCUT2D eigenvalue weighted by Crippen LogP contribution is -2.48. The van der Waals surface area contributed by atoms with Crippen molar-refractivity contribution >= 4 is 11.3 Å². The summed E-state index contributed by atoms with van der Waals surface area (Å²) >= 11 is 1.72. The zero-order chi connectivity index (χ0) is 14.4. The van der Waals surface area contributed by atoms with Gasteiger partial charge in [0.15, 0.2) is 0 Å². The molecule has 1 N–H and O–H groups in total. The van der Waals surface area contributed by atoms with E-state index in [-0.39, 0.29) is 0 Å². The minimum atomic E-state index is 0.610. The lowest BCUT2D eigenvalue weighted by Gasteiger charge is -2.35. The average Bonchev–Trinajstić information content (AvgIpc) is 2.84. The van der Waals surface area contributed by atoms with E-state index in [9.17, 15) is 0 Å². The normalized spacial score (nSPS) is 18.6. The monoisotopic (exact) mass is 297 g/mol. The molecule has 20 heavy (non-hydrogen) atoms. The van der Waals surface area contributed by atoms with Crippen molar-refractivity contribution < 1.29 is 4.74 Å². The minimum Gasteiger partial charge on any atom is -0.379 e. The van der Waals surface area contributed by atoms with Gasteiger partial charge in [0.25, 0.3) is 0 Å². The first kappa shape index (κ1) is 15.9.